The third-order valence-electron chi connectivity index (χ3n) is 2.76. The average Bonchev–Trinajstić information content (AvgIpc) is 2.30. The Bertz CT molecular complexity index is 465. The van der Waals surface area contributed by atoms with E-state index in [0.29, 0.717) is 23.1 Å². The average molecular weight is 270 g/mol. The van der Waals surface area contributed by atoms with E-state index in [4.69, 9.17) is 16.3 Å². The lowest BCUT2D eigenvalue weighted by Crippen LogP contribution is -2.47. The highest BCUT2D eigenvalue weighted by molar-refractivity contribution is 6.30. The number of halogens is 1. The first kappa shape index (κ1) is 13.1. The second-order valence-corrected chi connectivity index (χ2v) is 4.97. The van der Waals surface area contributed by atoms with Crippen LogP contribution in [0.25, 0.3) is 0 Å². The molecule has 1 aromatic heterocycles. The fraction of sp³-hybridized carbons (Fsp3) is 0.500. The van der Waals surface area contributed by atoms with Crippen LogP contribution < -0.4 is 9.64 Å². The van der Waals surface area contributed by atoms with Gasteiger partial charge in [-0.1, -0.05) is 11.6 Å². The quantitative estimate of drug-likeness (QED) is 0.832. The number of ether oxygens (including phenoxy) is 1. The summed E-state index contributed by atoms with van der Waals surface area (Å²) in [7, 11) is 3.93. The van der Waals surface area contributed by atoms with Crippen molar-refractivity contribution in [2.45, 2.75) is 13.0 Å². The summed E-state index contributed by atoms with van der Waals surface area (Å²) in [6.45, 7) is 3.09. The summed E-state index contributed by atoms with van der Waals surface area (Å²) in [5.41, 5.74) is 0.646. The Morgan fingerprint density at radius 3 is 2.94 bits per heavy atom. The Morgan fingerprint density at radius 1 is 1.56 bits per heavy atom. The van der Waals surface area contributed by atoms with Crippen LogP contribution >= 0.6 is 11.6 Å². The first-order chi connectivity index (χ1) is 8.49. The van der Waals surface area contributed by atoms with E-state index in [0.717, 1.165) is 6.54 Å². The number of carbonyl (C=O) groups excluding carboxylic acids is 1. The van der Waals surface area contributed by atoms with Crippen LogP contribution in [0.4, 0.5) is 5.69 Å². The highest BCUT2D eigenvalue weighted by Gasteiger charge is 2.32. The van der Waals surface area contributed by atoms with Gasteiger partial charge in [0.15, 0.2) is 6.10 Å². The minimum absolute atomic E-state index is 0.0617. The smallest absolute Gasteiger partial charge is 0.268 e. The minimum Gasteiger partial charge on any atom is -0.463 e. The van der Waals surface area contributed by atoms with Gasteiger partial charge in [-0.05, 0) is 27.1 Å². The molecule has 0 aliphatic carbocycles. The lowest BCUT2D eigenvalue weighted by Gasteiger charge is -2.32. The number of rotatable bonds is 3. The SMILES string of the molecule is C[C@H]1Oc2ncc(Cl)cc2N(CCN(C)C)C1=O. The molecule has 1 atom stereocenters. The van der Waals surface area contributed by atoms with E-state index in [2.05, 4.69) is 4.98 Å². The Hall–Kier alpha value is -1.33. The molecular weight excluding hydrogens is 254 g/mol. The summed E-state index contributed by atoms with van der Waals surface area (Å²) in [5.74, 6) is 0.402. The largest absolute Gasteiger partial charge is 0.463 e. The molecule has 1 aliphatic heterocycles. The van der Waals surface area contributed by atoms with Crippen molar-refractivity contribution in [1.29, 1.82) is 0 Å². The predicted molar refractivity (Wildman–Crippen MR) is 70.2 cm³/mol. The van der Waals surface area contributed by atoms with Crippen molar-refractivity contribution in [2.75, 3.05) is 32.1 Å². The van der Waals surface area contributed by atoms with E-state index in [-0.39, 0.29) is 5.91 Å². The maximum absolute atomic E-state index is 12.1. The second kappa shape index (κ2) is 5.12. The van der Waals surface area contributed by atoms with E-state index in [1.54, 1.807) is 17.9 Å². The van der Waals surface area contributed by atoms with Crippen molar-refractivity contribution < 1.29 is 9.53 Å². The Labute approximate surface area is 111 Å². The van der Waals surface area contributed by atoms with Crippen molar-refractivity contribution in [3.8, 4) is 5.88 Å². The van der Waals surface area contributed by atoms with Gasteiger partial charge in [0.25, 0.3) is 5.91 Å². The maximum atomic E-state index is 12.1. The van der Waals surface area contributed by atoms with Crippen molar-refractivity contribution >= 4 is 23.2 Å². The number of aromatic nitrogens is 1. The Morgan fingerprint density at radius 2 is 2.28 bits per heavy atom. The lowest BCUT2D eigenvalue weighted by atomic mass is 10.2. The van der Waals surface area contributed by atoms with Gasteiger partial charge in [0.05, 0.1) is 5.02 Å². The van der Waals surface area contributed by atoms with Gasteiger partial charge >= 0.3 is 0 Å². The van der Waals surface area contributed by atoms with Crippen molar-refractivity contribution in [2.24, 2.45) is 0 Å². The number of nitrogens with zero attached hydrogens (tertiary/aromatic N) is 3. The highest BCUT2D eigenvalue weighted by atomic mass is 35.5. The van der Waals surface area contributed by atoms with E-state index in [9.17, 15) is 4.79 Å². The molecular formula is C12H16ClN3O2. The zero-order valence-corrected chi connectivity index (χ0v) is 11.4. The first-order valence-electron chi connectivity index (χ1n) is 5.77. The van der Waals surface area contributed by atoms with E-state index >= 15 is 0 Å². The third kappa shape index (κ3) is 2.57. The van der Waals surface area contributed by atoms with Crippen LogP contribution in [0, 0.1) is 0 Å². The van der Waals surface area contributed by atoms with Gasteiger partial charge in [-0.3, -0.25) is 4.79 Å². The molecule has 5 nitrogen and oxygen atoms in total. The number of amides is 1. The molecule has 0 saturated carbocycles. The molecule has 0 saturated heterocycles. The summed E-state index contributed by atoms with van der Waals surface area (Å²) in [6.07, 6.45) is 1.01. The standard InChI is InChI=1S/C12H16ClN3O2/c1-8-12(17)16(5-4-15(2)3)10-6-9(13)7-14-11(10)18-8/h6-8H,4-5H2,1-3H3/t8-/m1/s1. The summed E-state index contributed by atoms with van der Waals surface area (Å²) in [6, 6.07) is 1.71. The van der Waals surface area contributed by atoms with Gasteiger partial charge in [0.1, 0.15) is 5.69 Å². The molecule has 1 aliphatic rings. The summed E-state index contributed by atoms with van der Waals surface area (Å²) < 4.78 is 5.46. The molecule has 6 heteroatoms. The number of anilines is 1. The minimum atomic E-state index is -0.506. The highest BCUT2D eigenvalue weighted by Crippen LogP contribution is 2.33. The van der Waals surface area contributed by atoms with Crippen LogP contribution in [0.5, 0.6) is 5.88 Å². The van der Waals surface area contributed by atoms with Crippen molar-refractivity contribution in [3.63, 3.8) is 0 Å². The van der Waals surface area contributed by atoms with Gasteiger partial charge in [0, 0.05) is 19.3 Å². The number of carbonyl (C=O) groups is 1. The monoisotopic (exact) mass is 269 g/mol. The molecule has 1 amide bonds. The number of fused-ring (bicyclic) bond motifs is 1. The van der Waals surface area contributed by atoms with Crippen LogP contribution in [-0.4, -0.2) is 49.1 Å². The van der Waals surface area contributed by atoms with Gasteiger partial charge < -0.3 is 14.5 Å². The Balaban J connectivity index is 2.31. The number of pyridine rings is 1. The predicted octanol–water partition coefficient (Wildman–Crippen LogP) is 1.41. The van der Waals surface area contributed by atoms with E-state index in [1.807, 2.05) is 19.0 Å². The summed E-state index contributed by atoms with van der Waals surface area (Å²) >= 11 is 5.92. The molecule has 0 unspecified atom stereocenters. The molecule has 18 heavy (non-hydrogen) atoms. The molecule has 2 heterocycles. The first-order valence-corrected chi connectivity index (χ1v) is 6.15. The number of likely N-dealkylation sites (N-methyl/N-ethyl adjacent to an activating group) is 1. The fourth-order valence-electron chi connectivity index (χ4n) is 1.79. The van der Waals surface area contributed by atoms with Crippen LogP contribution in [0.1, 0.15) is 6.92 Å². The number of hydrogen-bond donors (Lipinski definition) is 0. The lowest BCUT2D eigenvalue weighted by molar-refractivity contribution is -0.125. The van der Waals surface area contributed by atoms with E-state index in [1.165, 1.54) is 6.20 Å². The molecule has 0 spiro atoms. The zero-order valence-electron chi connectivity index (χ0n) is 10.7. The summed E-state index contributed by atoms with van der Waals surface area (Å²) in [5, 5.41) is 0.495. The number of hydrogen-bond acceptors (Lipinski definition) is 4. The molecule has 0 radical (unpaired) electrons. The zero-order chi connectivity index (χ0) is 13.3. The molecule has 0 fully saturated rings. The van der Waals surface area contributed by atoms with Crippen LogP contribution in [0.15, 0.2) is 12.3 Å². The maximum Gasteiger partial charge on any atom is 0.268 e. The molecule has 1 aromatic rings. The van der Waals surface area contributed by atoms with Crippen LogP contribution in [-0.2, 0) is 4.79 Å². The van der Waals surface area contributed by atoms with Gasteiger partial charge in [-0.25, -0.2) is 4.98 Å². The topological polar surface area (TPSA) is 45.7 Å². The van der Waals surface area contributed by atoms with Crippen LogP contribution in [0.3, 0.4) is 0 Å². The normalized spacial score (nSPS) is 18.8. The summed E-state index contributed by atoms with van der Waals surface area (Å²) in [4.78, 5) is 19.9. The fourth-order valence-corrected chi connectivity index (χ4v) is 1.94. The van der Waals surface area contributed by atoms with Gasteiger partial charge in [-0.2, -0.15) is 0 Å². The molecule has 0 N–H and O–H groups in total. The van der Waals surface area contributed by atoms with Crippen molar-refractivity contribution in [3.05, 3.63) is 17.3 Å². The molecule has 98 valence electrons. The van der Waals surface area contributed by atoms with Gasteiger partial charge in [-0.15, -0.1) is 0 Å². The van der Waals surface area contributed by atoms with Gasteiger partial charge in [0.2, 0.25) is 5.88 Å². The second-order valence-electron chi connectivity index (χ2n) is 4.53. The van der Waals surface area contributed by atoms with Crippen LogP contribution in [0.2, 0.25) is 5.02 Å². The Kier molecular flexibility index (Phi) is 3.73. The van der Waals surface area contributed by atoms with Crippen molar-refractivity contribution in [1.82, 2.24) is 9.88 Å². The molecule has 2 rings (SSSR count). The van der Waals surface area contributed by atoms with E-state index < -0.39 is 6.10 Å². The molecule has 0 bridgehead atoms. The molecule has 0 aromatic carbocycles. The third-order valence-corrected chi connectivity index (χ3v) is 2.97.